The third-order valence-corrected chi connectivity index (χ3v) is 4.56. The Morgan fingerprint density at radius 3 is 2.52 bits per heavy atom. The number of nitrogens with one attached hydrogen (secondary N) is 2. The topological polar surface area (TPSA) is 118 Å². The Kier molecular flexibility index (Phi) is 4.31. The highest BCUT2D eigenvalue weighted by atomic mass is 32.2. The van der Waals surface area contributed by atoms with Crippen LogP contribution >= 0.6 is 11.3 Å². The van der Waals surface area contributed by atoms with Crippen LogP contribution in [0.15, 0.2) is 46.7 Å². The lowest BCUT2D eigenvalue weighted by Crippen LogP contribution is -2.41. The molecular formula is C11H9N3O5S2. The van der Waals surface area contributed by atoms with Crippen molar-refractivity contribution in [1.82, 2.24) is 10.3 Å². The van der Waals surface area contributed by atoms with Gasteiger partial charge in [0.15, 0.2) is 4.90 Å². The minimum atomic E-state index is -4.24. The van der Waals surface area contributed by atoms with Crippen molar-refractivity contribution < 1.29 is 18.1 Å². The van der Waals surface area contributed by atoms with E-state index in [1.165, 1.54) is 18.2 Å². The molecule has 0 unspecified atom stereocenters. The SMILES string of the molecule is O=C(NNS(=O)(=O)c1ccccc1[N+](=O)[O-])c1cccs1. The number of benzene rings is 1. The van der Waals surface area contributed by atoms with E-state index in [0.717, 1.165) is 23.5 Å². The van der Waals surface area contributed by atoms with Gasteiger partial charge < -0.3 is 0 Å². The van der Waals surface area contributed by atoms with E-state index < -0.39 is 31.4 Å². The van der Waals surface area contributed by atoms with Crippen LogP contribution in [0, 0.1) is 10.1 Å². The molecule has 1 aromatic carbocycles. The Morgan fingerprint density at radius 1 is 1.19 bits per heavy atom. The van der Waals surface area contributed by atoms with Crippen molar-refractivity contribution >= 4 is 33.0 Å². The number of para-hydroxylation sites is 1. The molecule has 0 spiro atoms. The van der Waals surface area contributed by atoms with Crippen molar-refractivity contribution in [2.45, 2.75) is 4.90 Å². The van der Waals surface area contributed by atoms with Gasteiger partial charge in [-0.3, -0.25) is 20.3 Å². The summed E-state index contributed by atoms with van der Waals surface area (Å²) in [6, 6.07) is 7.99. The zero-order valence-electron chi connectivity index (χ0n) is 10.3. The molecule has 0 saturated carbocycles. The molecule has 0 bridgehead atoms. The van der Waals surface area contributed by atoms with E-state index in [0.29, 0.717) is 4.88 Å². The van der Waals surface area contributed by atoms with E-state index in [2.05, 4.69) is 0 Å². The highest BCUT2D eigenvalue weighted by Gasteiger charge is 2.25. The van der Waals surface area contributed by atoms with Crippen LogP contribution in [-0.4, -0.2) is 19.2 Å². The second-order valence-corrected chi connectivity index (χ2v) is 6.36. The Balaban J connectivity index is 2.20. The smallest absolute Gasteiger partial charge is 0.273 e. The lowest BCUT2D eigenvalue weighted by atomic mass is 10.3. The molecule has 0 aliphatic rings. The number of sulfonamides is 1. The van der Waals surface area contributed by atoms with Crippen molar-refractivity contribution in [3.05, 3.63) is 56.8 Å². The van der Waals surface area contributed by atoms with Crippen LogP contribution in [0.2, 0.25) is 0 Å². The standard InChI is InChI=1S/C11H9N3O5S2/c15-11(9-5-3-7-20-9)12-13-21(18,19)10-6-2-1-4-8(10)14(16)17/h1-7,13H,(H,12,15). The molecule has 21 heavy (non-hydrogen) atoms. The normalized spacial score (nSPS) is 11.0. The van der Waals surface area contributed by atoms with Gasteiger partial charge in [-0.15, -0.1) is 16.2 Å². The van der Waals surface area contributed by atoms with E-state index in [9.17, 15) is 23.3 Å². The highest BCUT2D eigenvalue weighted by Crippen LogP contribution is 2.22. The molecule has 1 heterocycles. The molecule has 2 aromatic rings. The van der Waals surface area contributed by atoms with E-state index in [1.54, 1.807) is 11.4 Å². The minimum Gasteiger partial charge on any atom is -0.273 e. The number of thiophene rings is 1. The summed E-state index contributed by atoms with van der Waals surface area (Å²) in [6.45, 7) is 0. The quantitative estimate of drug-likeness (QED) is 0.633. The molecule has 2 N–H and O–H groups in total. The summed E-state index contributed by atoms with van der Waals surface area (Å²) in [4.78, 5) is 23.3. The third kappa shape index (κ3) is 3.42. The lowest BCUT2D eigenvalue weighted by molar-refractivity contribution is -0.387. The summed E-state index contributed by atoms with van der Waals surface area (Å²) in [6.07, 6.45) is 0. The number of rotatable bonds is 5. The molecule has 0 saturated heterocycles. The third-order valence-electron chi connectivity index (χ3n) is 2.40. The van der Waals surface area contributed by atoms with Crippen molar-refractivity contribution in [3.8, 4) is 0 Å². The molecule has 0 atom stereocenters. The first-order chi connectivity index (χ1) is 9.92. The second kappa shape index (κ2) is 5.99. The monoisotopic (exact) mass is 327 g/mol. The van der Waals surface area contributed by atoms with Gasteiger partial charge in [-0.2, -0.15) is 0 Å². The molecule has 0 fully saturated rings. The van der Waals surface area contributed by atoms with Crippen LogP contribution < -0.4 is 10.3 Å². The molecule has 8 nitrogen and oxygen atoms in total. The largest absolute Gasteiger partial charge is 0.289 e. The Labute approximate surface area is 123 Å². The molecule has 0 radical (unpaired) electrons. The lowest BCUT2D eigenvalue weighted by Gasteiger charge is -2.07. The van der Waals surface area contributed by atoms with Crippen LogP contribution in [0.4, 0.5) is 5.69 Å². The average molecular weight is 327 g/mol. The van der Waals surface area contributed by atoms with Gasteiger partial charge in [0.1, 0.15) is 0 Å². The summed E-state index contributed by atoms with van der Waals surface area (Å²) >= 11 is 1.13. The fraction of sp³-hybridized carbons (Fsp3) is 0. The zero-order valence-corrected chi connectivity index (χ0v) is 12.0. The van der Waals surface area contributed by atoms with E-state index in [1.807, 2.05) is 10.3 Å². The zero-order chi connectivity index (χ0) is 15.5. The summed E-state index contributed by atoms with van der Waals surface area (Å²) < 4.78 is 24.0. The van der Waals surface area contributed by atoms with Gasteiger partial charge in [0, 0.05) is 6.07 Å². The maximum absolute atomic E-state index is 12.0. The maximum Gasteiger partial charge on any atom is 0.289 e. The number of amides is 1. The summed E-state index contributed by atoms with van der Waals surface area (Å²) in [7, 11) is -4.24. The molecule has 2 rings (SSSR count). The number of carbonyl (C=O) groups is 1. The second-order valence-electron chi connectivity index (χ2n) is 3.76. The molecular weight excluding hydrogens is 318 g/mol. The fourth-order valence-corrected chi connectivity index (χ4v) is 3.10. The summed E-state index contributed by atoms with van der Waals surface area (Å²) in [5.41, 5.74) is 1.43. The average Bonchev–Trinajstić information content (AvgIpc) is 2.99. The van der Waals surface area contributed by atoms with Crippen molar-refractivity contribution in [1.29, 1.82) is 0 Å². The van der Waals surface area contributed by atoms with Crippen molar-refractivity contribution in [2.75, 3.05) is 0 Å². The maximum atomic E-state index is 12.0. The predicted octanol–water partition coefficient (Wildman–Crippen LogP) is 1.28. The van der Waals surface area contributed by atoms with Crippen molar-refractivity contribution in [3.63, 3.8) is 0 Å². The van der Waals surface area contributed by atoms with Crippen LogP contribution in [-0.2, 0) is 10.0 Å². The first kappa shape index (κ1) is 15.1. The minimum absolute atomic E-state index is 0.306. The molecule has 1 aromatic heterocycles. The first-order valence-corrected chi connectivity index (χ1v) is 7.87. The number of hydrazine groups is 1. The van der Waals surface area contributed by atoms with Crippen molar-refractivity contribution in [2.24, 2.45) is 0 Å². The molecule has 1 amide bonds. The summed E-state index contributed by atoms with van der Waals surface area (Å²) in [5.74, 6) is -0.646. The van der Waals surface area contributed by atoms with Gasteiger partial charge in [-0.05, 0) is 17.5 Å². The van der Waals surface area contributed by atoms with E-state index in [-0.39, 0.29) is 0 Å². The van der Waals surface area contributed by atoms with E-state index >= 15 is 0 Å². The number of hydrogen-bond donors (Lipinski definition) is 2. The van der Waals surface area contributed by atoms with Gasteiger partial charge in [-0.1, -0.05) is 18.2 Å². The number of nitrogens with zero attached hydrogens (tertiary/aromatic N) is 1. The van der Waals surface area contributed by atoms with Crippen LogP contribution in [0.25, 0.3) is 0 Å². The van der Waals surface area contributed by atoms with Gasteiger partial charge in [0.25, 0.3) is 21.6 Å². The van der Waals surface area contributed by atoms with E-state index in [4.69, 9.17) is 0 Å². The molecule has 110 valence electrons. The van der Waals surface area contributed by atoms with Gasteiger partial charge in [0.2, 0.25) is 0 Å². The van der Waals surface area contributed by atoms with Crippen LogP contribution in [0.3, 0.4) is 0 Å². The number of carbonyl (C=O) groups excluding carboxylic acids is 1. The highest BCUT2D eigenvalue weighted by molar-refractivity contribution is 7.89. The first-order valence-electron chi connectivity index (χ1n) is 5.51. The predicted molar refractivity (Wildman–Crippen MR) is 75.2 cm³/mol. The summed E-state index contributed by atoms with van der Waals surface area (Å²) in [5, 5.41) is 12.5. The molecule has 0 aliphatic carbocycles. The molecule has 10 heteroatoms. The van der Waals surface area contributed by atoms with Crippen LogP contribution in [0.1, 0.15) is 9.67 Å². The number of nitro benzene ring substituents is 1. The fourth-order valence-electron chi connectivity index (χ4n) is 1.47. The molecule has 0 aliphatic heterocycles. The Morgan fingerprint density at radius 2 is 1.90 bits per heavy atom. The Bertz CT molecular complexity index is 771. The number of hydrogen-bond acceptors (Lipinski definition) is 6. The van der Waals surface area contributed by atoms with Gasteiger partial charge >= 0.3 is 0 Å². The van der Waals surface area contributed by atoms with Crippen LogP contribution in [0.5, 0.6) is 0 Å². The number of nitro groups is 1. The van der Waals surface area contributed by atoms with Gasteiger partial charge in [-0.25, -0.2) is 8.42 Å². The van der Waals surface area contributed by atoms with Gasteiger partial charge in [0.05, 0.1) is 9.80 Å². The Hall–Kier alpha value is -2.30.